The van der Waals surface area contributed by atoms with Gasteiger partial charge in [-0.15, -0.1) is 0 Å². The Labute approximate surface area is 63.7 Å². The van der Waals surface area contributed by atoms with Gasteiger partial charge >= 0.3 is 18.9 Å². The largest absolute Gasteiger partial charge is 1.00 e. The summed E-state index contributed by atoms with van der Waals surface area (Å²) in [6.07, 6.45) is 1.01. The molecular weight excluding hydrogens is 97.0 g/mol. The van der Waals surface area contributed by atoms with Crippen LogP contribution in [-0.2, 0) is 4.79 Å². The third kappa shape index (κ3) is 9.42. The third-order valence-corrected chi connectivity index (χ3v) is 0.624. The van der Waals surface area contributed by atoms with Crippen molar-refractivity contribution in [1.29, 1.82) is 0 Å². The van der Waals surface area contributed by atoms with Crippen LogP contribution in [0.2, 0.25) is 0 Å². The number of hydrogen-bond acceptors (Lipinski definition) is 1. The van der Waals surface area contributed by atoms with E-state index < -0.39 is 0 Å². The maximum Gasteiger partial charge on any atom is 1.00 e. The Hall–Kier alpha value is 0.0674. The van der Waals surface area contributed by atoms with Crippen molar-refractivity contribution < 1.29 is 25.1 Å². The van der Waals surface area contributed by atoms with Crippen molar-refractivity contribution in [3.05, 3.63) is 0 Å². The summed E-state index contributed by atoms with van der Waals surface area (Å²) < 4.78 is 0. The van der Waals surface area contributed by atoms with Gasteiger partial charge in [0.2, 0.25) is 5.91 Å². The Morgan fingerprint density at radius 3 is 2.38 bits per heavy atom. The Balaban J connectivity index is -0.000000180. The molecule has 0 saturated heterocycles. The molecule has 0 bridgehead atoms. The van der Waals surface area contributed by atoms with Crippen molar-refractivity contribution in [2.24, 2.45) is 0 Å². The standard InChI is InChI=1S/C5H11NO.Li.H/c1-3-4-6-5(2)7;;/h3-4H2,1-2H3,(H,6,7);;/q;+1;-1. The fourth-order valence-corrected chi connectivity index (χ4v) is 0.301. The molecule has 0 saturated carbocycles. The molecule has 0 aromatic rings. The first-order valence-electron chi connectivity index (χ1n) is 2.51. The fraction of sp³-hybridized carbons (Fsp3) is 0.800. The Morgan fingerprint density at radius 1 is 1.75 bits per heavy atom. The van der Waals surface area contributed by atoms with Gasteiger partial charge in [-0.1, -0.05) is 6.92 Å². The number of carbonyl (C=O) groups is 1. The van der Waals surface area contributed by atoms with Crippen LogP contribution in [0.3, 0.4) is 0 Å². The topological polar surface area (TPSA) is 29.1 Å². The molecule has 0 aliphatic rings. The molecule has 0 unspecified atom stereocenters. The van der Waals surface area contributed by atoms with E-state index in [0.29, 0.717) is 0 Å². The Kier molecular flexibility index (Phi) is 9.67. The molecule has 0 aliphatic carbocycles. The molecule has 0 atom stereocenters. The van der Waals surface area contributed by atoms with Crippen LogP contribution < -0.4 is 24.2 Å². The van der Waals surface area contributed by atoms with E-state index in [4.69, 9.17) is 0 Å². The molecule has 1 N–H and O–H groups in total. The number of hydrogen-bond donors (Lipinski definition) is 1. The van der Waals surface area contributed by atoms with E-state index in [9.17, 15) is 4.79 Å². The van der Waals surface area contributed by atoms with Crippen LogP contribution in [0.1, 0.15) is 21.7 Å². The van der Waals surface area contributed by atoms with Gasteiger partial charge < -0.3 is 6.74 Å². The number of rotatable bonds is 2. The minimum absolute atomic E-state index is 0. The van der Waals surface area contributed by atoms with Crippen molar-refractivity contribution in [3.63, 3.8) is 0 Å². The normalized spacial score (nSPS) is 7.25. The summed E-state index contributed by atoms with van der Waals surface area (Å²) in [5.41, 5.74) is 0. The summed E-state index contributed by atoms with van der Waals surface area (Å²) in [6, 6.07) is 0. The minimum atomic E-state index is 0. The molecule has 8 heavy (non-hydrogen) atoms. The first-order valence-corrected chi connectivity index (χ1v) is 2.51. The Morgan fingerprint density at radius 2 is 2.25 bits per heavy atom. The minimum Gasteiger partial charge on any atom is -1.00 e. The van der Waals surface area contributed by atoms with Crippen LogP contribution in [0.5, 0.6) is 0 Å². The van der Waals surface area contributed by atoms with Crippen molar-refractivity contribution >= 4 is 5.91 Å². The van der Waals surface area contributed by atoms with Gasteiger partial charge in [-0.25, -0.2) is 0 Å². The number of carbonyl (C=O) groups excluding carboxylic acids is 1. The maximum atomic E-state index is 10.1. The third-order valence-electron chi connectivity index (χ3n) is 0.624. The van der Waals surface area contributed by atoms with E-state index >= 15 is 0 Å². The van der Waals surface area contributed by atoms with Gasteiger partial charge in [0.25, 0.3) is 0 Å². The molecule has 0 fully saturated rings. The summed E-state index contributed by atoms with van der Waals surface area (Å²) in [6.45, 7) is 4.35. The molecule has 0 spiro atoms. The van der Waals surface area contributed by atoms with E-state index in [1.165, 1.54) is 6.92 Å². The molecule has 2 nitrogen and oxygen atoms in total. The van der Waals surface area contributed by atoms with Crippen LogP contribution in [0, 0.1) is 0 Å². The van der Waals surface area contributed by atoms with Gasteiger partial charge in [-0.05, 0) is 6.42 Å². The second kappa shape index (κ2) is 7.07. The van der Waals surface area contributed by atoms with Crippen LogP contribution in [0.4, 0.5) is 0 Å². The molecule has 0 aromatic heterocycles. The maximum absolute atomic E-state index is 10.1. The van der Waals surface area contributed by atoms with Gasteiger partial charge in [0.1, 0.15) is 0 Å². The van der Waals surface area contributed by atoms with Gasteiger partial charge in [-0.3, -0.25) is 4.79 Å². The fourth-order valence-electron chi connectivity index (χ4n) is 0.301. The zero-order valence-electron chi connectivity index (χ0n) is 6.82. The predicted octanol–water partition coefficient (Wildman–Crippen LogP) is -2.35. The molecule has 0 rings (SSSR count). The van der Waals surface area contributed by atoms with Crippen molar-refractivity contribution in [1.82, 2.24) is 5.32 Å². The number of amides is 1. The molecule has 3 heteroatoms. The van der Waals surface area contributed by atoms with Crippen LogP contribution >= 0.6 is 0 Å². The molecule has 44 valence electrons. The summed E-state index contributed by atoms with van der Waals surface area (Å²) in [5, 5.41) is 2.66. The van der Waals surface area contributed by atoms with Crippen LogP contribution in [-0.4, -0.2) is 12.5 Å². The summed E-state index contributed by atoms with van der Waals surface area (Å²) in [4.78, 5) is 10.1. The van der Waals surface area contributed by atoms with Crippen LogP contribution in [0.25, 0.3) is 0 Å². The van der Waals surface area contributed by atoms with Gasteiger partial charge in [0.05, 0.1) is 0 Å². The van der Waals surface area contributed by atoms with Crippen molar-refractivity contribution in [3.8, 4) is 0 Å². The van der Waals surface area contributed by atoms with E-state index in [2.05, 4.69) is 5.32 Å². The molecule has 0 heterocycles. The van der Waals surface area contributed by atoms with Gasteiger partial charge in [-0.2, -0.15) is 0 Å². The molecule has 0 aliphatic heterocycles. The van der Waals surface area contributed by atoms with Crippen molar-refractivity contribution in [2.75, 3.05) is 6.54 Å². The second-order valence-corrected chi connectivity index (χ2v) is 1.48. The summed E-state index contributed by atoms with van der Waals surface area (Å²) >= 11 is 0. The van der Waals surface area contributed by atoms with Crippen LogP contribution in [0.15, 0.2) is 0 Å². The quantitative estimate of drug-likeness (QED) is 0.395. The predicted molar refractivity (Wildman–Crippen MR) is 30.1 cm³/mol. The van der Waals surface area contributed by atoms with E-state index in [-0.39, 0.29) is 26.2 Å². The average Bonchev–Trinajstić information content (AvgIpc) is 1.61. The molecule has 0 radical (unpaired) electrons. The summed E-state index contributed by atoms with van der Waals surface area (Å²) in [5.74, 6) is 0.0573. The van der Waals surface area contributed by atoms with E-state index in [1.54, 1.807) is 0 Å². The van der Waals surface area contributed by atoms with Gasteiger partial charge in [0.15, 0.2) is 0 Å². The van der Waals surface area contributed by atoms with Crippen molar-refractivity contribution in [2.45, 2.75) is 20.3 Å². The SMILES string of the molecule is CCCNC(C)=O.[H-].[Li+]. The zero-order chi connectivity index (χ0) is 5.70. The average molecular weight is 109 g/mol. The smallest absolute Gasteiger partial charge is 1.00 e. The van der Waals surface area contributed by atoms with Gasteiger partial charge in [0, 0.05) is 13.5 Å². The molecule has 1 amide bonds. The Bertz CT molecular complexity index is 70.0. The first-order chi connectivity index (χ1) is 3.27. The number of nitrogens with one attached hydrogen (secondary N) is 1. The first kappa shape index (κ1) is 10.9. The molecular formula is C5H12LiNO. The second-order valence-electron chi connectivity index (χ2n) is 1.48. The van der Waals surface area contributed by atoms with E-state index in [0.717, 1.165) is 13.0 Å². The summed E-state index contributed by atoms with van der Waals surface area (Å²) in [7, 11) is 0. The zero-order valence-corrected chi connectivity index (χ0v) is 5.82. The van der Waals surface area contributed by atoms with E-state index in [1.807, 2.05) is 6.92 Å². The monoisotopic (exact) mass is 109 g/mol. The molecule has 0 aromatic carbocycles.